The molecule has 5 heteroatoms. The number of hydrogen-bond acceptors (Lipinski definition) is 2. The first-order valence-electron chi connectivity index (χ1n) is 7.37. The zero-order valence-corrected chi connectivity index (χ0v) is 12.4. The van der Waals surface area contributed by atoms with E-state index in [0.29, 0.717) is 12.8 Å². The third-order valence-corrected chi connectivity index (χ3v) is 4.29. The molecule has 0 spiro atoms. The maximum absolute atomic E-state index is 12.6. The van der Waals surface area contributed by atoms with E-state index in [2.05, 4.69) is 5.32 Å². The van der Waals surface area contributed by atoms with E-state index >= 15 is 0 Å². The fourth-order valence-electron chi connectivity index (χ4n) is 2.93. The van der Waals surface area contributed by atoms with Crippen molar-refractivity contribution in [3.05, 3.63) is 29.8 Å². The monoisotopic (exact) mass is 301 g/mol. The van der Waals surface area contributed by atoms with Gasteiger partial charge >= 0.3 is 6.18 Å². The molecule has 1 fully saturated rings. The first kappa shape index (κ1) is 16.1. The van der Waals surface area contributed by atoms with E-state index in [9.17, 15) is 13.2 Å². The molecular formula is C16H22F3NO. The standard InChI is InChI=1S/C16H22F3NO/c1-11(12-3-9-15(21-2)10-4-12)20-14-7-5-13(6-8-14)16(17,18)19/h3-4,9-11,13-14,20H,5-8H2,1-2H3. The number of methoxy groups -OCH3 is 1. The minimum atomic E-state index is -4.04. The molecule has 2 rings (SSSR count). The molecule has 118 valence electrons. The highest BCUT2D eigenvalue weighted by Crippen LogP contribution is 2.37. The van der Waals surface area contributed by atoms with Crippen LogP contribution in [0.4, 0.5) is 13.2 Å². The van der Waals surface area contributed by atoms with Gasteiger partial charge in [0.2, 0.25) is 0 Å². The molecule has 0 amide bonds. The Labute approximate surface area is 123 Å². The van der Waals surface area contributed by atoms with Crippen LogP contribution in [-0.2, 0) is 0 Å². The summed E-state index contributed by atoms with van der Waals surface area (Å²) in [6.45, 7) is 2.04. The van der Waals surface area contributed by atoms with Gasteiger partial charge in [0.15, 0.2) is 0 Å². The van der Waals surface area contributed by atoms with Crippen molar-refractivity contribution < 1.29 is 17.9 Å². The maximum Gasteiger partial charge on any atom is 0.391 e. The molecule has 0 aliphatic heterocycles. The smallest absolute Gasteiger partial charge is 0.391 e. The molecule has 1 aliphatic carbocycles. The lowest BCUT2D eigenvalue weighted by Gasteiger charge is -2.32. The number of halogens is 3. The lowest BCUT2D eigenvalue weighted by Crippen LogP contribution is -2.38. The van der Waals surface area contributed by atoms with Crippen LogP contribution in [-0.4, -0.2) is 19.3 Å². The fourth-order valence-corrected chi connectivity index (χ4v) is 2.93. The number of hydrogen-bond donors (Lipinski definition) is 1. The normalized spacial score (nSPS) is 24.6. The van der Waals surface area contributed by atoms with Gasteiger partial charge in [-0.25, -0.2) is 0 Å². The first-order chi connectivity index (χ1) is 9.90. The number of rotatable bonds is 4. The van der Waals surface area contributed by atoms with Gasteiger partial charge < -0.3 is 10.1 Å². The first-order valence-corrected chi connectivity index (χ1v) is 7.37. The Bertz CT molecular complexity index is 436. The van der Waals surface area contributed by atoms with E-state index in [1.807, 2.05) is 31.2 Å². The molecule has 0 heterocycles. The Kier molecular flexibility index (Phi) is 5.14. The molecular weight excluding hydrogens is 279 g/mol. The number of ether oxygens (including phenoxy) is 1. The SMILES string of the molecule is COc1ccc(C(C)NC2CCC(C(F)(F)F)CC2)cc1. The van der Waals surface area contributed by atoms with Gasteiger partial charge in [-0.2, -0.15) is 13.2 Å². The van der Waals surface area contributed by atoms with Gasteiger partial charge in [-0.15, -0.1) is 0 Å². The predicted molar refractivity (Wildman–Crippen MR) is 76.3 cm³/mol. The number of benzene rings is 1. The van der Waals surface area contributed by atoms with Gasteiger partial charge in [0, 0.05) is 12.1 Å². The third kappa shape index (κ3) is 4.37. The summed E-state index contributed by atoms with van der Waals surface area (Å²) >= 11 is 0. The van der Waals surface area contributed by atoms with Crippen molar-refractivity contribution in [2.24, 2.45) is 5.92 Å². The molecule has 0 bridgehead atoms. The van der Waals surface area contributed by atoms with Crippen LogP contribution in [0, 0.1) is 5.92 Å². The molecule has 0 aromatic heterocycles. The molecule has 0 radical (unpaired) electrons. The van der Waals surface area contributed by atoms with Crippen LogP contribution < -0.4 is 10.1 Å². The molecule has 1 aromatic carbocycles. The second-order valence-electron chi connectivity index (χ2n) is 5.75. The lowest BCUT2D eigenvalue weighted by atomic mass is 9.85. The summed E-state index contributed by atoms with van der Waals surface area (Å²) in [5.41, 5.74) is 1.12. The van der Waals surface area contributed by atoms with Gasteiger partial charge in [-0.3, -0.25) is 0 Å². The average Bonchev–Trinajstić information content (AvgIpc) is 2.47. The highest BCUT2D eigenvalue weighted by molar-refractivity contribution is 5.28. The van der Waals surface area contributed by atoms with Crippen LogP contribution in [0.25, 0.3) is 0 Å². The minimum Gasteiger partial charge on any atom is -0.497 e. The van der Waals surface area contributed by atoms with Crippen molar-refractivity contribution in [1.29, 1.82) is 0 Å². The summed E-state index contributed by atoms with van der Waals surface area (Å²) in [5.74, 6) is -0.316. The molecule has 1 atom stereocenters. The largest absolute Gasteiger partial charge is 0.497 e. The quantitative estimate of drug-likeness (QED) is 0.886. The average molecular weight is 301 g/mol. The van der Waals surface area contributed by atoms with E-state index in [-0.39, 0.29) is 24.9 Å². The molecule has 21 heavy (non-hydrogen) atoms. The van der Waals surface area contributed by atoms with Gasteiger partial charge in [0.1, 0.15) is 5.75 Å². The molecule has 1 saturated carbocycles. The predicted octanol–water partition coefficient (Wildman–Crippen LogP) is 4.47. The maximum atomic E-state index is 12.6. The van der Waals surface area contributed by atoms with Gasteiger partial charge in [0.25, 0.3) is 0 Å². The van der Waals surface area contributed by atoms with Crippen LogP contribution in [0.5, 0.6) is 5.75 Å². The molecule has 2 nitrogen and oxygen atoms in total. The van der Waals surface area contributed by atoms with Crippen molar-refractivity contribution in [3.63, 3.8) is 0 Å². The van der Waals surface area contributed by atoms with E-state index in [4.69, 9.17) is 4.74 Å². The van der Waals surface area contributed by atoms with E-state index in [1.54, 1.807) is 7.11 Å². The van der Waals surface area contributed by atoms with Crippen molar-refractivity contribution in [3.8, 4) is 5.75 Å². The van der Waals surface area contributed by atoms with E-state index in [1.165, 1.54) is 0 Å². The van der Waals surface area contributed by atoms with Crippen molar-refractivity contribution >= 4 is 0 Å². The van der Waals surface area contributed by atoms with E-state index < -0.39 is 12.1 Å². The van der Waals surface area contributed by atoms with Crippen LogP contribution in [0.1, 0.15) is 44.2 Å². The minimum absolute atomic E-state index is 0.128. The molecule has 0 saturated heterocycles. The second kappa shape index (κ2) is 6.69. The molecule has 1 N–H and O–H groups in total. The summed E-state index contributed by atoms with van der Waals surface area (Å²) < 4.78 is 43.0. The van der Waals surface area contributed by atoms with Crippen LogP contribution in [0.3, 0.4) is 0 Å². The summed E-state index contributed by atoms with van der Waals surface area (Å²) in [4.78, 5) is 0. The van der Waals surface area contributed by atoms with Gasteiger partial charge in [-0.1, -0.05) is 12.1 Å². The Hall–Kier alpha value is -1.23. The van der Waals surface area contributed by atoms with Crippen LogP contribution in [0.2, 0.25) is 0 Å². The summed E-state index contributed by atoms with van der Waals surface area (Å²) in [6.07, 6.45) is -2.39. The Morgan fingerprint density at radius 1 is 1.10 bits per heavy atom. The van der Waals surface area contributed by atoms with Gasteiger partial charge in [-0.05, 0) is 50.3 Å². The van der Waals surface area contributed by atoms with Crippen LogP contribution >= 0.6 is 0 Å². The van der Waals surface area contributed by atoms with Gasteiger partial charge in [0.05, 0.1) is 13.0 Å². The molecule has 1 aromatic rings. The Balaban J connectivity index is 1.85. The van der Waals surface area contributed by atoms with Crippen molar-refractivity contribution in [1.82, 2.24) is 5.32 Å². The highest BCUT2D eigenvalue weighted by atomic mass is 19.4. The Morgan fingerprint density at radius 3 is 2.14 bits per heavy atom. The third-order valence-electron chi connectivity index (χ3n) is 4.29. The summed E-state index contributed by atoms with van der Waals surface area (Å²) in [5, 5.41) is 3.44. The van der Waals surface area contributed by atoms with E-state index in [0.717, 1.165) is 11.3 Å². The highest BCUT2D eigenvalue weighted by Gasteiger charge is 2.41. The summed E-state index contributed by atoms with van der Waals surface area (Å²) in [6, 6.07) is 8.06. The number of nitrogens with one attached hydrogen (secondary N) is 1. The zero-order valence-electron chi connectivity index (χ0n) is 12.4. The second-order valence-corrected chi connectivity index (χ2v) is 5.75. The van der Waals surface area contributed by atoms with Crippen molar-refractivity contribution in [2.75, 3.05) is 7.11 Å². The molecule has 1 unspecified atom stereocenters. The number of alkyl halides is 3. The lowest BCUT2D eigenvalue weighted by molar-refractivity contribution is -0.182. The topological polar surface area (TPSA) is 21.3 Å². The van der Waals surface area contributed by atoms with Crippen molar-refractivity contribution in [2.45, 2.75) is 50.9 Å². The fraction of sp³-hybridized carbons (Fsp3) is 0.625. The Morgan fingerprint density at radius 2 is 1.67 bits per heavy atom. The summed E-state index contributed by atoms with van der Waals surface area (Å²) in [7, 11) is 1.62. The zero-order chi connectivity index (χ0) is 15.5. The molecule has 1 aliphatic rings. The van der Waals surface area contributed by atoms with Crippen LogP contribution in [0.15, 0.2) is 24.3 Å².